The normalized spacial score (nSPS) is 13.7. The molecule has 0 aromatic heterocycles. The lowest BCUT2D eigenvalue weighted by Gasteiger charge is -2.19. The number of benzene rings is 1. The summed E-state index contributed by atoms with van der Waals surface area (Å²) in [5, 5.41) is 24.8. The highest BCUT2D eigenvalue weighted by atomic mass is 32.1. The van der Waals surface area contributed by atoms with Gasteiger partial charge in [-0.25, -0.2) is 4.79 Å². The van der Waals surface area contributed by atoms with Gasteiger partial charge in [-0.15, -0.1) is 0 Å². The zero-order valence-corrected chi connectivity index (χ0v) is 15.9. The molecule has 0 fully saturated rings. The second-order valence-corrected chi connectivity index (χ2v) is 6.26. The second kappa shape index (κ2) is 12.0. The first kappa shape index (κ1) is 23.4. The largest absolute Gasteiger partial charge is 0.480 e. The summed E-state index contributed by atoms with van der Waals surface area (Å²) in [5.74, 6) is -3.64. The molecule has 3 unspecified atom stereocenters. The van der Waals surface area contributed by atoms with Gasteiger partial charge in [0.2, 0.25) is 17.7 Å². The first-order valence-corrected chi connectivity index (χ1v) is 9.03. The van der Waals surface area contributed by atoms with Crippen molar-refractivity contribution in [2.24, 2.45) is 5.73 Å². The average molecular weight is 412 g/mol. The average Bonchev–Trinajstić information content (AvgIpc) is 2.68. The van der Waals surface area contributed by atoms with Gasteiger partial charge in [0, 0.05) is 5.75 Å². The Morgan fingerprint density at radius 1 is 1.04 bits per heavy atom. The fourth-order valence-electron chi connectivity index (χ4n) is 2.16. The molecule has 3 amide bonds. The van der Waals surface area contributed by atoms with Crippen molar-refractivity contribution in [1.82, 2.24) is 16.0 Å². The number of rotatable bonds is 11. The van der Waals surface area contributed by atoms with Crippen LogP contribution in [0.4, 0.5) is 0 Å². The van der Waals surface area contributed by atoms with Crippen LogP contribution in [-0.2, 0) is 25.6 Å². The van der Waals surface area contributed by atoms with Crippen molar-refractivity contribution >= 4 is 36.3 Å². The quantitative estimate of drug-likeness (QED) is 0.199. The summed E-state index contributed by atoms with van der Waals surface area (Å²) in [7, 11) is 0. The SMILES string of the molecule is NC(Cc1ccccc1)C(=O)NCC(=O)NC(CO)C(=O)NC(CS)C(=O)O. The molecule has 0 saturated heterocycles. The van der Waals surface area contributed by atoms with Crippen LogP contribution < -0.4 is 21.7 Å². The van der Waals surface area contributed by atoms with Crippen LogP contribution in [0.3, 0.4) is 0 Å². The van der Waals surface area contributed by atoms with Crippen LogP contribution in [0.2, 0.25) is 0 Å². The van der Waals surface area contributed by atoms with Crippen molar-refractivity contribution in [3.63, 3.8) is 0 Å². The molecule has 10 nitrogen and oxygen atoms in total. The van der Waals surface area contributed by atoms with E-state index in [1.807, 2.05) is 30.3 Å². The molecule has 1 aromatic rings. The third-order valence-corrected chi connectivity index (χ3v) is 4.05. The van der Waals surface area contributed by atoms with Crippen LogP contribution >= 0.6 is 12.6 Å². The molecule has 28 heavy (non-hydrogen) atoms. The molecular formula is C17H24N4O6S. The van der Waals surface area contributed by atoms with Gasteiger partial charge in [-0.2, -0.15) is 12.6 Å². The molecule has 0 saturated carbocycles. The Balaban J connectivity index is 2.47. The number of aliphatic hydroxyl groups excluding tert-OH is 1. The van der Waals surface area contributed by atoms with Crippen LogP contribution in [0.5, 0.6) is 0 Å². The van der Waals surface area contributed by atoms with Crippen LogP contribution in [-0.4, -0.2) is 70.9 Å². The number of hydrogen-bond donors (Lipinski definition) is 7. The minimum atomic E-state index is -1.37. The van der Waals surface area contributed by atoms with E-state index in [1.165, 1.54) is 0 Å². The molecule has 154 valence electrons. The molecule has 7 N–H and O–H groups in total. The van der Waals surface area contributed by atoms with Gasteiger partial charge >= 0.3 is 5.97 Å². The van der Waals surface area contributed by atoms with Gasteiger partial charge in [-0.1, -0.05) is 30.3 Å². The molecule has 0 heterocycles. The first-order valence-electron chi connectivity index (χ1n) is 8.40. The third kappa shape index (κ3) is 7.94. The Labute approximate surface area is 167 Å². The highest BCUT2D eigenvalue weighted by Crippen LogP contribution is 2.01. The Morgan fingerprint density at radius 3 is 2.21 bits per heavy atom. The molecule has 0 aliphatic carbocycles. The van der Waals surface area contributed by atoms with Gasteiger partial charge in [0.15, 0.2) is 0 Å². The molecule has 0 aliphatic rings. The number of nitrogens with two attached hydrogens (primary N) is 1. The second-order valence-electron chi connectivity index (χ2n) is 5.90. The van der Waals surface area contributed by atoms with Crippen LogP contribution in [0.15, 0.2) is 30.3 Å². The summed E-state index contributed by atoms with van der Waals surface area (Å²) in [4.78, 5) is 46.7. The number of carboxylic acids is 1. The zero-order chi connectivity index (χ0) is 21.1. The maximum atomic E-state index is 12.0. The van der Waals surface area contributed by atoms with Crippen LogP contribution in [0, 0.1) is 0 Å². The minimum Gasteiger partial charge on any atom is -0.480 e. The predicted molar refractivity (Wildman–Crippen MR) is 104 cm³/mol. The molecule has 1 rings (SSSR count). The van der Waals surface area contributed by atoms with Crippen molar-refractivity contribution in [2.45, 2.75) is 24.5 Å². The van der Waals surface area contributed by atoms with Gasteiger partial charge in [0.25, 0.3) is 0 Å². The Bertz CT molecular complexity index is 687. The molecule has 0 aliphatic heterocycles. The van der Waals surface area contributed by atoms with Gasteiger partial charge in [-0.3, -0.25) is 14.4 Å². The maximum absolute atomic E-state index is 12.0. The third-order valence-electron chi connectivity index (χ3n) is 3.69. The molecular weight excluding hydrogens is 388 g/mol. The predicted octanol–water partition coefficient (Wildman–Crippen LogP) is -2.35. The number of nitrogens with one attached hydrogen (secondary N) is 3. The van der Waals surface area contributed by atoms with Crippen molar-refractivity contribution in [3.05, 3.63) is 35.9 Å². The van der Waals surface area contributed by atoms with E-state index in [0.717, 1.165) is 5.56 Å². The molecule has 0 bridgehead atoms. The van der Waals surface area contributed by atoms with E-state index in [9.17, 15) is 24.3 Å². The van der Waals surface area contributed by atoms with Gasteiger partial charge in [0.05, 0.1) is 19.2 Å². The van der Waals surface area contributed by atoms with Crippen molar-refractivity contribution in [3.8, 4) is 0 Å². The van der Waals surface area contributed by atoms with E-state index >= 15 is 0 Å². The topological polar surface area (TPSA) is 171 Å². The lowest BCUT2D eigenvalue weighted by Crippen LogP contribution is -2.55. The van der Waals surface area contributed by atoms with Crippen LogP contribution in [0.1, 0.15) is 5.56 Å². The van der Waals surface area contributed by atoms with Crippen LogP contribution in [0.25, 0.3) is 0 Å². The van der Waals surface area contributed by atoms with Crippen molar-refractivity contribution in [1.29, 1.82) is 0 Å². The first-order chi connectivity index (χ1) is 13.3. The van der Waals surface area contributed by atoms with Crippen molar-refractivity contribution in [2.75, 3.05) is 18.9 Å². The minimum absolute atomic E-state index is 0.164. The standard InChI is InChI=1S/C17H24N4O6S/c18-11(6-10-4-2-1-3-5-10)15(24)19-7-14(23)20-12(8-22)16(25)21-13(9-28)17(26)27/h1-5,11-13,22,28H,6-9,18H2,(H,19,24)(H,20,23)(H,21,25)(H,26,27). The van der Waals surface area contributed by atoms with Gasteiger partial charge in [0.1, 0.15) is 12.1 Å². The van der Waals surface area contributed by atoms with E-state index < -0.39 is 55.0 Å². The van der Waals surface area contributed by atoms with E-state index in [1.54, 1.807) is 0 Å². The van der Waals surface area contributed by atoms with Crippen molar-refractivity contribution < 1.29 is 29.4 Å². The number of carbonyl (C=O) groups is 4. The smallest absolute Gasteiger partial charge is 0.327 e. The Kier molecular flexibility index (Phi) is 9.99. The summed E-state index contributed by atoms with van der Waals surface area (Å²) >= 11 is 3.80. The fraction of sp³-hybridized carbons (Fsp3) is 0.412. The lowest BCUT2D eigenvalue weighted by molar-refractivity contribution is -0.141. The summed E-state index contributed by atoms with van der Waals surface area (Å²) in [6, 6.07) is 5.60. The van der Waals surface area contributed by atoms with E-state index in [0.29, 0.717) is 0 Å². The number of aliphatic hydroxyl groups is 1. The monoisotopic (exact) mass is 412 g/mol. The lowest BCUT2D eigenvalue weighted by atomic mass is 10.1. The van der Waals surface area contributed by atoms with Gasteiger partial charge < -0.3 is 31.9 Å². The summed E-state index contributed by atoms with van der Waals surface area (Å²) in [5.41, 5.74) is 6.66. The number of carboxylic acid groups (broad SMARTS) is 1. The van der Waals surface area contributed by atoms with E-state index in [2.05, 4.69) is 28.6 Å². The number of carbonyl (C=O) groups excluding carboxylic acids is 3. The summed E-state index contributed by atoms with van der Waals surface area (Å²) in [6.07, 6.45) is 0.288. The number of amides is 3. The maximum Gasteiger partial charge on any atom is 0.327 e. The molecule has 1 aromatic carbocycles. The number of hydrogen-bond acceptors (Lipinski definition) is 7. The molecule has 3 atom stereocenters. The zero-order valence-electron chi connectivity index (χ0n) is 15.0. The summed E-state index contributed by atoms with van der Waals surface area (Å²) in [6.45, 7) is -1.21. The highest BCUT2D eigenvalue weighted by molar-refractivity contribution is 7.80. The fourth-order valence-corrected chi connectivity index (χ4v) is 2.40. The molecule has 0 spiro atoms. The molecule has 0 radical (unpaired) electrons. The Hall–Kier alpha value is -2.63. The molecule has 11 heteroatoms. The highest BCUT2D eigenvalue weighted by Gasteiger charge is 2.25. The number of thiol groups is 1. The van der Waals surface area contributed by atoms with Gasteiger partial charge in [-0.05, 0) is 12.0 Å². The van der Waals surface area contributed by atoms with E-state index in [-0.39, 0.29) is 12.2 Å². The Morgan fingerprint density at radius 2 is 1.68 bits per heavy atom. The summed E-state index contributed by atoms with van der Waals surface area (Å²) < 4.78 is 0. The number of aliphatic carboxylic acids is 1. The van der Waals surface area contributed by atoms with E-state index in [4.69, 9.17) is 10.8 Å².